The monoisotopic (exact) mass is 270 g/mol. The molecule has 2 fully saturated rings. The van der Waals surface area contributed by atoms with Crippen molar-refractivity contribution in [1.82, 2.24) is 10.2 Å². The molecule has 5 heteroatoms. The lowest BCUT2D eigenvalue weighted by molar-refractivity contribution is -0.134. The fourth-order valence-electron chi connectivity index (χ4n) is 2.96. The van der Waals surface area contributed by atoms with Crippen LogP contribution in [0, 0.1) is 0 Å². The maximum absolute atomic E-state index is 11.9. The molecule has 0 radical (unpaired) electrons. The molecule has 1 aliphatic carbocycles. The molecule has 2 aliphatic rings. The number of nitrogens with one attached hydrogen (secondary N) is 1. The molecular weight excluding hydrogens is 244 g/mol. The lowest BCUT2D eigenvalue weighted by Crippen LogP contribution is -2.60. The highest BCUT2D eigenvalue weighted by molar-refractivity contribution is 5.76. The van der Waals surface area contributed by atoms with Crippen LogP contribution in [0.4, 0.5) is 0 Å². The molecule has 3 unspecified atom stereocenters. The van der Waals surface area contributed by atoms with Crippen LogP contribution in [0.5, 0.6) is 0 Å². The fourth-order valence-corrected chi connectivity index (χ4v) is 2.96. The number of likely N-dealkylation sites (tertiary alicyclic amines) is 1. The van der Waals surface area contributed by atoms with Crippen LogP contribution in [0.15, 0.2) is 0 Å². The van der Waals surface area contributed by atoms with Crippen molar-refractivity contribution in [3.63, 3.8) is 0 Å². The van der Waals surface area contributed by atoms with Crippen molar-refractivity contribution in [3.8, 4) is 0 Å². The van der Waals surface area contributed by atoms with Crippen LogP contribution in [0.2, 0.25) is 0 Å². The minimum absolute atomic E-state index is 0.127. The van der Waals surface area contributed by atoms with Crippen molar-refractivity contribution in [2.75, 3.05) is 33.4 Å². The molecule has 110 valence electrons. The average molecular weight is 270 g/mol. The zero-order valence-electron chi connectivity index (χ0n) is 12.1. The van der Waals surface area contributed by atoms with E-state index < -0.39 is 0 Å². The second kappa shape index (κ2) is 7.22. The Morgan fingerprint density at radius 3 is 2.74 bits per heavy atom. The van der Waals surface area contributed by atoms with Gasteiger partial charge in [-0.05, 0) is 26.2 Å². The molecule has 19 heavy (non-hydrogen) atoms. The van der Waals surface area contributed by atoms with E-state index >= 15 is 0 Å². The Bertz CT molecular complexity index is 292. The van der Waals surface area contributed by atoms with E-state index in [2.05, 4.69) is 5.32 Å². The highest BCUT2D eigenvalue weighted by Crippen LogP contribution is 2.26. The lowest BCUT2D eigenvalue weighted by Gasteiger charge is -2.43. The number of carbonyl (C=O) groups is 1. The number of hydrogen-bond acceptors (Lipinski definition) is 4. The van der Waals surface area contributed by atoms with E-state index in [-0.39, 0.29) is 18.1 Å². The van der Waals surface area contributed by atoms with Gasteiger partial charge in [-0.2, -0.15) is 0 Å². The molecule has 0 aromatic rings. The van der Waals surface area contributed by atoms with E-state index in [4.69, 9.17) is 9.47 Å². The molecule has 0 aromatic carbocycles. The summed E-state index contributed by atoms with van der Waals surface area (Å²) in [4.78, 5) is 13.9. The van der Waals surface area contributed by atoms with Gasteiger partial charge in [-0.25, -0.2) is 0 Å². The molecule has 5 nitrogen and oxygen atoms in total. The smallest absolute Gasteiger partial charge is 0.223 e. The summed E-state index contributed by atoms with van der Waals surface area (Å²) < 4.78 is 11.0. The van der Waals surface area contributed by atoms with E-state index in [9.17, 15) is 4.79 Å². The molecule has 3 atom stereocenters. The highest BCUT2D eigenvalue weighted by Gasteiger charge is 2.41. The van der Waals surface area contributed by atoms with Crippen molar-refractivity contribution in [3.05, 3.63) is 0 Å². The molecule has 0 bridgehead atoms. The molecule has 1 saturated carbocycles. The summed E-state index contributed by atoms with van der Waals surface area (Å²) in [5.41, 5.74) is 0. The van der Waals surface area contributed by atoms with Crippen LogP contribution < -0.4 is 5.32 Å². The van der Waals surface area contributed by atoms with E-state index in [1.165, 1.54) is 0 Å². The summed E-state index contributed by atoms with van der Waals surface area (Å²) in [6, 6.07) is 0.327. The standard InChI is InChI=1S/C14H26N2O3/c1-3-19-12-10-11(14(12)18-2)15-7-6-13(17)16-8-4-5-9-16/h11-12,14-15H,3-10H2,1-2H3. The number of methoxy groups -OCH3 is 1. The van der Waals surface area contributed by atoms with Crippen LogP contribution in [0.3, 0.4) is 0 Å². The number of ether oxygens (including phenoxy) is 2. The van der Waals surface area contributed by atoms with Gasteiger partial charge in [0.05, 0.1) is 12.2 Å². The van der Waals surface area contributed by atoms with Crippen molar-refractivity contribution in [1.29, 1.82) is 0 Å². The maximum atomic E-state index is 11.9. The zero-order chi connectivity index (χ0) is 13.7. The van der Waals surface area contributed by atoms with Crippen molar-refractivity contribution >= 4 is 5.91 Å². The first-order chi connectivity index (χ1) is 9.26. The third kappa shape index (κ3) is 3.68. The van der Waals surface area contributed by atoms with Gasteiger partial charge in [0.15, 0.2) is 0 Å². The first-order valence-electron chi connectivity index (χ1n) is 7.41. The molecule has 1 amide bonds. The van der Waals surface area contributed by atoms with E-state index in [0.717, 1.165) is 45.5 Å². The number of carbonyl (C=O) groups excluding carboxylic acids is 1. The van der Waals surface area contributed by atoms with Crippen LogP contribution in [0.1, 0.15) is 32.6 Å². The molecule has 1 aliphatic heterocycles. The van der Waals surface area contributed by atoms with E-state index in [1.54, 1.807) is 7.11 Å². The van der Waals surface area contributed by atoms with Crippen LogP contribution in [-0.4, -0.2) is 62.4 Å². The fraction of sp³-hybridized carbons (Fsp3) is 0.929. The highest BCUT2D eigenvalue weighted by atomic mass is 16.5. The average Bonchev–Trinajstić information content (AvgIpc) is 2.90. The normalized spacial score (nSPS) is 30.4. The molecule has 0 aromatic heterocycles. The number of rotatable bonds is 7. The van der Waals surface area contributed by atoms with Crippen LogP contribution in [-0.2, 0) is 14.3 Å². The Morgan fingerprint density at radius 1 is 1.37 bits per heavy atom. The quantitative estimate of drug-likeness (QED) is 0.743. The van der Waals surface area contributed by atoms with Crippen molar-refractivity contribution in [2.45, 2.75) is 50.9 Å². The van der Waals surface area contributed by atoms with Gasteiger partial charge in [0.25, 0.3) is 0 Å². The summed E-state index contributed by atoms with van der Waals surface area (Å²) in [5.74, 6) is 0.277. The van der Waals surface area contributed by atoms with Gasteiger partial charge in [-0.1, -0.05) is 0 Å². The first kappa shape index (κ1) is 14.8. The van der Waals surface area contributed by atoms with Gasteiger partial charge in [0.2, 0.25) is 5.91 Å². The SMILES string of the molecule is CCOC1CC(NCCC(=O)N2CCCC2)C1OC. The molecular formula is C14H26N2O3. The Labute approximate surface area is 115 Å². The number of amides is 1. The Balaban J connectivity index is 1.62. The molecule has 1 N–H and O–H groups in total. The topological polar surface area (TPSA) is 50.8 Å². The predicted molar refractivity (Wildman–Crippen MR) is 73.0 cm³/mol. The van der Waals surface area contributed by atoms with Gasteiger partial charge in [0, 0.05) is 45.8 Å². The van der Waals surface area contributed by atoms with Crippen LogP contribution >= 0.6 is 0 Å². The first-order valence-corrected chi connectivity index (χ1v) is 7.41. The second-order valence-corrected chi connectivity index (χ2v) is 5.33. The summed E-state index contributed by atoms with van der Waals surface area (Å²) >= 11 is 0. The van der Waals surface area contributed by atoms with Gasteiger partial charge in [-0.3, -0.25) is 4.79 Å². The summed E-state index contributed by atoms with van der Waals surface area (Å²) in [7, 11) is 1.72. The summed E-state index contributed by atoms with van der Waals surface area (Å²) in [6.45, 7) is 5.34. The number of hydrogen-bond donors (Lipinski definition) is 1. The van der Waals surface area contributed by atoms with E-state index in [0.29, 0.717) is 12.5 Å². The molecule has 1 heterocycles. The predicted octanol–water partition coefficient (Wildman–Crippen LogP) is 0.781. The van der Waals surface area contributed by atoms with Gasteiger partial charge < -0.3 is 19.7 Å². The van der Waals surface area contributed by atoms with Crippen LogP contribution in [0.25, 0.3) is 0 Å². The third-order valence-corrected chi connectivity index (χ3v) is 4.11. The maximum Gasteiger partial charge on any atom is 0.223 e. The summed E-state index contributed by atoms with van der Waals surface area (Å²) in [6.07, 6.45) is 4.22. The van der Waals surface area contributed by atoms with Crippen molar-refractivity contribution in [2.24, 2.45) is 0 Å². The number of nitrogens with zero attached hydrogens (tertiary/aromatic N) is 1. The molecule has 1 saturated heterocycles. The van der Waals surface area contributed by atoms with Gasteiger partial charge in [-0.15, -0.1) is 0 Å². The van der Waals surface area contributed by atoms with Crippen molar-refractivity contribution < 1.29 is 14.3 Å². The Hall–Kier alpha value is -0.650. The lowest BCUT2D eigenvalue weighted by atomic mass is 9.85. The van der Waals surface area contributed by atoms with E-state index in [1.807, 2.05) is 11.8 Å². The molecule has 2 rings (SSSR count). The Kier molecular flexibility index (Phi) is 5.60. The van der Waals surface area contributed by atoms with Gasteiger partial charge in [0.1, 0.15) is 0 Å². The Morgan fingerprint density at radius 2 is 2.11 bits per heavy atom. The minimum Gasteiger partial charge on any atom is -0.377 e. The summed E-state index contributed by atoms with van der Waals surface area (Å²) in [5, 5.41) is 3.41. The third-order valence-electron chi connectivity index (χ3n) is 4.11. The molecule has 0 spiro atoms. The largest absolute Gasteiger partial charge is 0.377 e. The minimum atomic E-state index is 0.127. The van der Waals surface area contributed by atoms with Gasteiger partial charge >= 0.3 is 0 Å². The second-order valence-electron chi connectivity index (χ2n) is 5.33. The zero-order valence-corrected chi connectivity index (χ0v) is 12.1.